The van der Waals surface area contributed by atoms with Gasteiger partial charge in [-0.05, 0) is 12.1 Å². The van der Waals surface area contributed by atoms with Gasteiger partial charge in [0.25, 0.3) is 0 Å². The zero-order chi connectivity index (χ0) is 10.4. The highest BCUT2D eigenvalue weighted by atomic mass is 16.5. The molecular formula is C11H14O3. The number of carbonyl (C=O) groups is 1. The molecule has 0 fully saturated rings. The lowest BCUT2D eigenvalue weighted by Crippen LogP contribution is -2.14. The van der Waals surface area contributed by atoms with E-state index in [9.17, 15) is 4.79 Å². The van der Waals surface area contributed by atoms with Crippen molar-refractivity contribution >= 4 is 5.97 Å². The summed E-state index contributed by atoms with van der Waals surface area (Å²) < 4.78 is 4.98. The Bertz CT molecular complexity index is 282. The van der Waals surface area contributed by atoms with Crippen LogP contribution in [0.25, 0.3) is 0 Å². The highest BCUT2D eigenvalue weighted by Gasteiger charge is 2.07. The first kappa shape index (κ1) is 10.7. The molecule has 0 aromatic heterocycles. The molecule has 14 heavy (non-hydrogen) atoms. The molecule has 1 rings (SSSR count). The summed E-state index contributed by atoms with van der Waals surface area (Å²) in [5.74, 6) is -0.353. The average Bonchev–Trinajstić information content (AvgIpc) is 2.26. The summed E-state index contributed by atoms with van der Waals surface area (Å²) in [6.45, 7) is 2.10. The van der Waals surface area contributed by atoms with E-state index in [0.29, 0.717) is 5.56 Å². The largest absolute Gasteiger partial charge is 0.462 e. The van der Waals surface area contributed by atoms with Crippen LogP contribution in [0.5, 0.6) is 0 Å². The predicted octanol–water partition coefficient (Wildman–Crippen LogP) is 1.47. The fourth-order valence-corrected chi connectivity index (χ4v) is 0.928. The van der Waals surface area contributed by atoms with Gasteiger partial charge in [-0.1, -0.05) is 25.1 Å². The number of aliphatic hydroxyl groups excluding tert-OH is 1. The minimum absolute atomic E-state index is 0.0114. The van der Waals surface area contributed by atoms with Gasteiger partial charge >= 0.3 is 5.97 Å². The van der Waals surface area contributed by atoms with Crippen molar-refractivity contribution in [3.8, 4) is 0 Å². The highest BCUT2D eigenvalue weighted by molar-refractivity contribution is 5.89. The number of benzene rings is 1. The van der Waals surface area contributed by atoms with E-state index in [1.165, 1.54) is 0 Å². The Balaban J connectivity index is 2.44. The lowest BCUT2D eigenvalue weighted by atomic mass is 10.2. The second-order valence-electron chi connectivity index (χ2n) is 3.25. The lowest BCUT2D eigenvalue weighted by Gasteiger charge is -2.08. The molecule has 1 aromatic carbocycles. The quantitative estimate of drug-likeness (QED) is 0.738. The van der Waals surface area contributed by atoms with E-state index in [1.54, 1.807) is 24.3 Å². The Kier molecular flexibility index (Phi) is 4.13. The van der Waals surface area contributed by atoms with E-state index in [4.69, 9.17) is 9.84 Å². The van der Waals surface area contributed by atoms with E-state index >= 15 is 0 Å². The number of carbonyl (C=O) groups excluding carboxylic acids is 1. The summed E-state index contributed by atoms with van der Waals surface area (Å²) in [4.78, 5) is 11.4. The van der Waals surface area contributed by atoms with Crippen LogP contribution in [0.3, 0.4) is 0 Å². The van der Waals surface area contributed by atoms with Gasteiger partial charge in [-0.15, -0.1) is 0 Å². The van der Waals surface area contributed by atoms with Gasteiger partial charge in [0.05, 0.1) is 12.2 Å². The molecule has 0 radical (unpaired) electrons. The number of ether oxygens (including phenoxy) is 1. The van der Waals surface area contributed by atoms with Crippen molar-refractivity contribution in [1.29, 1.82) is 0 Å². The van der Waals surface area contributed by atoms with E-state index in [1.807, 2.05) is 13.0 Å². The summed E-state index contributed by atoms with van der Waals surface area (Å²) in [5, 5.41) is 8.73. The fraction of sp³-hybridized carbons (Fsp3) is 0.364. The molecule has 76 valence electrons. The molecule has 0 saturated heterocycles. The maximum atomic E-state index is 11.4. The van der Waals surface area contributed by atoms with Gasteiger partial charge in [-0.25, -0.2) is 4.79 Å². The first-order valence-corrected chi connectivity index (χ1v) is 4.57. The Morgan fingerprint density at radius 3 is 2.64 bits per heavy atom. The minimum Gasteiger partial charge on any atom is -0.462 e. The van der Waals surface area contributed by atoms with Crippen molar-refractivity contribution in [2.24, 2.45) is 5.92 Å². The summed E-state index contributed by atoms with van der Waals surface area (Å²) >= 11 is 0. The van der Waals surface area contributed by atoms with Gasteiger partial charge < -0.3 is 9.84 Å². The van der Waals surface area contributed by atoms with Gasteiger partial charge in [-0.2, -0.15) is 0 Å². The zero-order valence-electron chi connectivity index (χ0n) is 8.14. The summed E-state index contributed by atoms with van der Waals surface area (Å²) in [6.07, 6.45) is 0. The van der Waals surface area contributed by atoms with Crippen LogP contribution in [0.1, 0.15) is 17.3 Å². The number of esters is 1. The maximum absolute atomic E-state index is 11.4. The molecule has 1 unspecified atom stereocenters. The van der Waals surface area contributed by atoms with Gasteiger partial charge in [-0.3, -0.25) is 0 Å². The number of rotatable bonds is 4. The standard InChI is InChI=1S/C11H14O3/c1-9(7-12)8-14-11(13)10-5-3-2-4-6-10/h2-6,9,12H,7-8H2,1H3. The summed E-state index contributed by atoms with van der Waals surface area (Å²) in [5.41, 5.74) is 0.539. The second-order valence-corrected chi connectivity index (χ2v) is 3.25. The maximum Gasteiger partial charge on any atom is 0.338 e. The van der Waals surface area contributed by atoms with E-state index in [0.717, 1.165) is 0 Å². The van der Waals surface area contributed by atoms with Crippen molar-refractivity contribution in [2.45, 2.75) is 6.92 Å². The molecule has 0 aliphatic heterocycles. The first-order chi connectivity index (χ1) is 6.74. The zero-order valence-corrected chi connectivity index (χ0v) is 8.14. The van der Waals surface area contributed by atoms with Gasteiger partial charge in [0.1, 0.15) is 0 Å². The molecule has 0 aliphatic carbocycles. The predicted molar refractivity (Wildman–Crippen MR) is 53.0 cm³/mol. The van der Waals surface area contributed by atoms with E-state index in [-0.39, 0.29) is 25.1 Å². The molecule has 1 aromatic rings. The minimum atomic E-state index is -0.342. The monoisotopic (exact) mass is 194 g/mol. The molecule has 0 aliphatic rings. The number of hydrogen-bond donors (Lipinski definition) is 1. The average molecular weight is 194 g/mol. The van der Waals surface area contributed by atoms with Crippen LogP contribution < -0.4 is 0 Å². The third-order valence-electron chi connectivity index (χ3n) is 1.82. The van der Waals surface area contributed by atoms with Crippen molar-refractivity contribution in [3.05, 3.63) is 35.9 Å². The Morgan fingerprint density at radius 2 is 2.07 bits per heavy atom. The van der Waals surface area contributed by atoms with Gasteiger partial charge in [0.2, 0.25) is 0 Å². The number of aliphatic hydroxyl groups is 1. The molecule has 3 nitrogen and oxygen atoms in total. The van der Waals surface area contributed by atoms with Crippen LogP contribution in [0.4, 0.5) is 0 Å². The van der Waals surface area contributed by atoms with E-state index < -0.39 is 0 Å². The molecule has 0 heterocycles. The lowest BCUT2D eigenvalue weighted by molar-refractivity contribution is 0.0405. The first-order valence-electron chi connectivity index (χ1n) is 4.57. The third-order valence-corrected chi connectivity index (χ3v) is 1.82. The SMILES string of the molecule is CC(CO)COC(=O)c1ccccc1. The molecule has 0 saturated carbocycles. The Labute approximate surface area is 83.3 Å². The Morgan fingerprint density at radius 1 is 1.43 bits per heavy atom. The molecule has 0 amide bonds. The highest BCUT2D eigenvalue weighted by Crippen LogP contribution is 2.02. The second kappa shape index (κ2) is 5.40. The van der Waals surface area contributed by atoms with Crippen molar-refractivity contribution < 1.29 is 14.6 Å². The van der Waals surface area contributed by atoms with Crippen LogP contribution in [0.2, 0.25) is 0 Å². The van der Waals surface area contributed by atoms with Crippen molar-refractivity contribution in [3.63, 3.8) is 0 Å². The molecule has 0 spiro atoms. The Hall–Kier alpha value is -1.35. The van der Waals surface area contributed by atoms with Crippen LogP contribution >= 0.6 is 0 Å². The number of hydrogen-bond acceptors (Lipinski definition) is 3. The summed E-state index contributed by atoms with van der Waals surface area (Å²) in [7, 11) is 0. The molecule has 0 bridgehead atoms. The molecular weight excluding hydrogens is 180 g/mol. The summed E-state index contributed by atoms with van der Waals surface area (Å²) in [6, 6.07) is 8.81. The molecule has 3 heteroatoms. The van der Waals surface area contributed by atoms with Crippen LogP contribution in [0, 0.1) is 5.92 Å². The van der Waals surface area contributed by atoms with Crippen LogP contribution in [0.15, 0.2) is 30.3 Å². The van der Waals surface area contributed by atoms with Gasteiger partial charge in [0.15, 0.2) is 0 Å². The normalized spacial score (nSPS) is 12.1. The van der Waals surface area contributed by atoms with Gasteiger partial charge in [0, 0.05) is 12.5 Å². The third kappa shape index (κ3) is 3.18. The van der Waals surface area contributed by atoms with Crippen LogP contribution in [-0.4, -0.2) is 24.3 Å². The van der Waals surface area contributed by atoms with Crippen LogP contribution in [-0.2, 0) is 4.74 Å². The van der Waals surface area contributed by atoms with E-state index in [2.05, 4.69) is 0 Å². The molecule has 1 atom stereocenters. The van der Waals surface area contributed by atoms with Crippen molar-refractivity contribution in [2.75, 3.05) is 13.2 Å². The smallest absolute Gasteiger partial charge is 0.338 e. The molecule has 1 N–H and O–H groups in total. The topological polar surface area (TPSA) is 46.5 Å². The fourth-order valence-electron chi connectivity index (χ4n) is 0.928. The van der Waals surface area contributed by atoms with Crippen molar-refractivity contribution in [1.82, 2.24) is 0 Å².